The first-order chi connectivity index (χ1) is 8.20. The van der Waals surface area contributed by atoms with Gasteiger partial charge >= 0.3 is 0 Å². The van der Waals surface area contributed by atoms with Gasteiger partial charge in [-0.05, 0) is 29.8 Å². The highest BCUT2D eigenvalue weighted by Gasteiger charge is 2.21. The van der Waals surface area contributed by atoms with Crippen LogP contribution < -0.4 is 0 Å². The number of carbonyl (C=O) groups is 1. The van der Waals surface area contributed by atoms with E-state index in [1.165, 1.54) is 0 Å². The summed E-state index contributed by atoms with van der Waals surface area (Å²) in [5, 5.41) is 12.9. The Balaban J connectivity index is 2.15. The standard InChI is InChI=1S/C10H12N6O/c1-7(8-3-5-11-6-4-8)16(2)10(17)9-12-14-15-13-9/h3-7H,1-2H3,(H,12,13,14,15). The Labute approximate surface area is 97.9 Å². The lowest BCUT2D eigenvalue weighted by Crippen LogP contribution is -2.30. The van der Waals surface area contributed by atoms with E-state index in [4.69, 9.17) is 0 Å². The lowest BCUT2D eigenvalue weighted by Gasteiger charge is -2.23. The molecule has 0 aliphatic carbocycles. The van der Waals surface area contributed by atoms with Crippen LogP contribution in [0.4, 0.5) is 0 Å². The van der Waals surface area contributed by atoms with Crippen LogP contribution in [-0.2, 0) is 0 Å². The van der Waals surface area contributed by atoms with E-state index in [-0.39, 0.29) is 17.8 Å². The molecule has 7 nitrogen and oxygen atoms in total. The van der Waals surface area contributed by atoms with Crippen molar-refractivity contribution in [1.29, 1.82) is 0 Å². The van der Waals surface area contributed by atoms with E-state index in [2.05, 4.69) is 25.6 Å². The third kappa shape index (κ3) is 2.27. The monoisotopic (exact) mass is 232 g/mol. The number of hydrogen-bond donors (Lipinski definition) is 1. The molecular formula is C10H12N6O. The van der Waals surface area contributed by atoms with Gasteiger partial charge in [0.1, 0.15) is 0 Å². The topological polar surface area (TPSA) is 87.7 Å². The van der Waals surface area contributed by atoms with Gasteiger partial charge in [-0.15, -0.1) is 10.2 Å². The van der Waals surface area contributed by atoms with Crippen LogP contribution >= 0.6 is 0 Å². The summed E-state index contributed by atoms with van der Waals surface area (Å²) in [6, 6.07) is 3.65. The fourth-order valence-corrected chi connectivity index (χ4v) is 1.45. The predicted molar refractivity (Wildman–Crippen MR) is 58.9 cm³/mol. The molecule has 2 aromatic rings. The second kappa shape index (κ2) is 4.69. The largest absolute Gasteiger partial charge is 0.332 e. The number of tetrazole rings is 1. The molecule has 0 saturated heterocycles. The first-order valence-corrected chi connectivity index (χ1v) is 5.10. The molecule has 0 saturated carbocycles. The van der Waals surface area contributed by atoms with Crippen LogP contribution in [0.3, 0.4) is 0 Å². The maximum atomic E-state index is 11.9. The zero-order valence-corrected chi connectivity index (χ0v) is 9.53. The molecule has 0 radical (unpaired) electrons. The fourth-order valence-electron chi connectivity index (χ4n) is 1.45. The molecule has 1 amide bonds. The van der Waals surface area contributed by atoms with Crippen LogP contribution in [0.2, 0.25) is 0 Å². The van der Waals surface area contributed by atoms with Gasteiger partial charge in [0.05, 0.1) is 6.04 Å². The number of H-pyrrole nitrogens is 1. The second-order valence-electron chi connectivity index (χ2n) is 3.61. The van der Waals surface area contributed by atoms with Crippen molar-refractivity contribution in [2.75, 3.05) is 7.05 Å². The second-order valence-corrected chi connectivity index (χ2v) is 3.61. The Morgan fingerprint density at radius 3 is 2.71 bits per heavy atom. The van der Waals surface area contributed by atoms with E-state index in [9.17, 15) is 4.79 Å². The van der Waals surface area contributed by atoms with Crippen molar-refractivity contribution in [1.82, 2.24) is 30.5 Å². The first-order valence-electron chi connectivity index (χ1n) is 5.10. The molecule has 2 rings (SSSR count). The van der Waals surface area contributed by atoms with Gasteiger partial charge in [0.15, 0.2) is 0 Å². The Morgan fingerprint density at radius 1 is 1.41 bits per heavy atom. The highest BCUT2D eigenvalue weighted by Crippen LogP contribution is 2.18. The summed E-state index contributed by atoms with van der Waals surface area (Å²) in [4.78, 5) is 17.4. The molecule has 1 N–H and O–H groups in total. The fraction of sp³-hybridized carbons (Fsp3) is 0.300. The van der Waals surface area contributed by atoms with Crippen molar-refractivity contribution in [3.63, 3.8) is 0 Å². The molecule has 0 fully saturated rings. The molecule has 0 aromatic carbocycles. The van der Waals surface area contributed by atoms with Gasteiger partial charge in [0.25, 0.3) is 11.7 Å². The minimum absolute atomic E-state index is 0.0633. The normalized spacial score (nSPS) is 12.1. The highest BCUT2D eigenvalue weighted by molar-refractivity contribution is 5.90. The number of amides is 1. The maximum Gasteiger partial charge on any atom is 0.295 e. The average molecular weight is 232 g/mol. The Bertz CT molecular complexity index is 483. The molecule has 0 bridgehead atoms. The Kier molecular flexibility index (Phi) is 3.08. The lowest BCUT2D eigenvalue weighted by atomic mass is 10.1. The quantitative estimate of drug-likeness (QED) is 0.829. The van der Waals surface area contributed by atoms with Crippen LogP contribution in [0.5, 0.6) is 0 Å². The lowest BCUT2D eigenvalue weighted by molar-refractivity contribution is 0.0730. The predicted octanol–water partition coefficient (Wildman–Crippen LogP) is 0.428. The summed E-state index contributed by atoms with van der Waals surface area (Å²) in [5.41, 5.74) is 0.999. The van der Waals surface area contributed by atoms with E-state index in [0.29, 0.717) is 0 Å². The van der Waals surface area contributed by atoms with Gasteiger partial charge in [-0.2, -0.15) is 5.21 Å². The van der Waals surface area contributed by atoms with Gasteiger partial charge < -0.3 is 4.90 Å². The van der Waals surface area contributed by atoms with Gasteiger partial charge in [-0.1, -0.05) is 0 Å². The number of hydrogen-bond acceptors (Lipinski definition) is 5. The Hall–Kier alpha value is -2.31. The van der Waals surface area contributed by atoms with E-state index in [0.717, 1.165) is 5.56 Å². The van der Waals surface area contributed by atoms with E-state index in [1.54, 1.807) is 24.3 Å². The van der Waals surface area contributed by atoms with Gasteiger partial charge in [0.2, 0.25) is 0 Å². The molecule has 0 spiro atoms. The molecule has 2 heterocycles. The van der Waals surface area contributed by atoms with Crippen LogP contribution in [0.1, 0.15) is 29.1 Å². The molecule has 2 aromatic heterocycles. The molecule has 0 aliphatic rings. The summed E-state index contributed by atoms with van der Waals surface area (Å²) < 4.78 is 0. The summed E-state index contributed by atoms with van der Waals surface area (Å²) in [6.07, 6.45) is 3.39. The Morgan fingerprint density at radius 2 is 2.12 bits per heavy atom. The number of aromatic nitrogens is 5. The third-order valence-electron chi connectivity index (χ3n) is 2.63. The molecule has 17 heavy (non-hydrogen) atoms. The molecule has 7 heteroatoms. The van der Waals surface area contributed by atoms with Gasteiger partial charge in [-0.3, -0.25) is 9.78 Å². The number of aromatic amines is 1. The van der Waals surface area contributed by atoms with Crippen molar-refractivity contribution in [3.8, 4) is 0 Å². The maximum absolute atomic E-state index is 11.9. The van der Waals surface area contributed by atoms with Crippen LogP contribution in [0.15, 0.2) is 24.5 Å². The third-order valence-corrected chi connectivity index (χ3v) is 2.63. The molecule has 1 unspecified atom stereocenters. The minimum Gasteiger partial charge on any atom is -0.332 e. The molecule has 88 valence electrons. The van der Waals surface area contributed by atoms with E-state index < -0.39 is 0 Å². The number of rotatable bonds is 3. The van der Waals surface area contributed by atoms with Crippen LogP contribution in [-0.4, -0.2) is 43.5 Å². The van der Waals surface area contributed by atoms with E-state index >= 15 is 0 Å². The van der Waals surface area contributed by atoms with Crippen LogP contribution in [0.25, 0.3) is 0 Å². The van der Waals surface area contributed by atoms with Crippen molar-refractivity contribution in [2.45, 2.75) is 13.0 Å². The summed E-state index contributed by atoms with van der Waals surface area (Å²) >= 11 is 0. The number of pyridine rings is 1. The first kappa shape index (κ1) is 11.2. The van der Waals surface area contributed by atoms with Crippen LogP contribution in [0, 0.1) is 0 Å². The highest BCUT2D eigenvalue weighted by atomic mass is 16.2. The number of nitrogens with one attached hydrogen (secondary N) is 1. The van der Waals surface area contributed by atoms with Crippen molar-refractivity contribution < 1.29 is 4.79 Å². The smallest absolute Gasteiger partial charge is 0.295 e. The molecular weight excluding hydrogens is 220 g/mol. The van der Waals surface area contributed by atoms with Crippen molar-refractivity contribution in [3.05, 3.63) is 35.9 Å². The minimum atomic E-state index is -0.275. The van der Waals surface area contributed by atoms with E-state index in [1.807, 2.05) is 19.1 Å². The zero-order valence-electron chi connectivity index (χ0n) is 9.53. The number of carbonyl (C=O) groups excluding carboxylic acids is 1. The van der Waals surface area contributed by atoms with Crippen molar-refractivity contribution >= 4 is 5.91 Å². The molecule has 0 aliphatic heterocycles. The zero-order chi connectivity index (χ0) is 12.3. The summed E-state index contributed by atoms with van der Waals surface area (Å²) in [7, 11) is 1.70. The molecule has 1 atom stereocenters. The average Bonchev–Trinajstić information content (AvgIpc) is 2.91. The SMILES string of the molecule is CC(c1ccncc1)N(C)C(=O)c1nn[nH]n1. The summed E-state index contributed by atoms with van der Waals surface area (Å²) in [6.45, 7) is 1.92. The van der Waals surface area contributed by atoms with Crippen molar-refractivity contribution in [2.24, 2.45) is 0 Å². The summed E-state index contributed by atoms with van der Waals surface area (Å²) in [5.74, 6) is -0.212. The van der Waals surface area contributed by atoms with Gasteiger partial charge in [-0.25, -0.2) is 0 Å². The number of nitrogens with zero attached hydrogens (tertiary/aromatic N) is 5. The van der Waals surface area contributed by atoms with Gasteiger partial charge in [0, 0.05) is 19.4 Å².